The summed E-state index contributed by atoms with van der Waals surface area (Å²) in [6, 6.07) is 18.4. The first kappa shape index (κ1) is 19.8. The van der Waals surface area contributed by atoms with E-state index >= 15 is 0 Å². The number of fused-ring (bicyclic) bond motifs is 1. The van der Waals surface area contributed by atoms with Crippen molar-refractivity contribution in [1.82, 2.24) is 5.32 Å². The fourth-order valence-electron chi connectivity index (χ4n) is 3.24. The van der Waals surface area contributed by atoms with E-state index < -0.39 is 11.0 Å². The number of hydrogen-bond donors (Lipinski definition) is 2. The van der Waals surface area contributed by atoms with Crippen LogP contribution in [-0.2, 0) is 6.54 Å². The predicted octanol–water partition coefficient (Wildman–Crippen LogP) is 3.72. The molecular weight excluding hydrogens is 400 g/mol. The van der Waals surface area contributed by atoms with E-state index in [1.54, 1.807) is 54.6 Å². The first-order chi connectivity index (χ1) is 14.9. The molecule has 0 saturated carbocycles. The fourth-order valence-corrected chi connectivity index (χ4v) is 3.24. The van der Waals surface area contributed by atoms with Crippen LogP contribution < -0.4 is 15.5 Å². The van der Waals surface area contributed by atoms with Crippen molar-refractivity contribution in [2.45, 2.75) is 6.54 Å². The normalized spacial score (nSPS) is 12.5. The number of nitro groups is 1. The van der Waals surface area contributed by atoms with E-state index in [1.165, 1.54) is 18.2 Å². The summed E-state index contributed by atoms with van der Waals surface area (Å²) in [4.78, 5) is 48.5. The second-order valence-corrected chi connectivity index (χ2v) is 6.77. The zero-order valence-electron chi connectivity index (χ0n) is 16.1. The molecule has 3 aromatic rings. The van der Waals surface area contributed by atoms with Crippen molar-refractivity contribution in [1.29, 1.82) is 0 Å². The van der Waals surface area contributed by atoms with E-state index in [0.29, 0.717) is 22.5 Å². The molecular formula is C22H16N4O5. The van der Waals surface area contributed by atoms with Gasteiger partial charge in [-0.05, 0) is 35.9 Å². The SMILES string of the molecule is O=C(NCc1ccc(N2C(=O)c3ccccc3C2=O)cc1)Nc1cccc([N+](=O)[O-])c1. The number of nitro benzene ring substituents is 1. The van der Waals surface area contributed by atoms with Gasteiger partial charge in [0.2, 0.25) is 0 Å². The van der Waals surface area contributed by atoms with Crippen molar-refractivity contribution in [3.63, 3.8) is 0 Å². The largest absolute Gasteiger partial charge is 0.334 e. The van der Waals surface area contributed by atoms with Crippen molar-refractivity contribution in [2.75, 3.05) is 10.2 Å². The molecule has 4 amide bonds. The van der Waals surface area contributed by atoms with Gasteiger partial charge in [0.15, 0.2) is 0 Å². The van der Waals surface area contributed by atoms with Crippen molar-refractivity contribution in [3.05, 3.63) is 99.6 Å². The number of urea groups is 1. The Balaban J connectivity index is 1.38. The van der Waals surface area contributed by atoms with E-state index in [2.05, 4.69) is 10.6 Å². The molecule has 0 atom stereocenters. The molecule has 154 valence electrons. The monoisotopic (exact) mass is 416 g/mol. The molecule has 4 rings (SSSR count). The summed E-state index contributed by atoms with van der Waals surface area (Å²) in [6.07, 6.45) is 0. The second-order valence-electron chi connectivity index (χ2n) is 6.77. The summed E-state index contributed by atoms with van der Waals surface area (Å²) < 4.78 is 0. The number of hydrogen-bond acceptors (Lipinski definition) is 5. The molecule has 9 heteroatoms. The first-order valence-electron chi connectivity index (χ1n) is 9.30. The Morgan fingerprint density at radius 1 is 0.903 bits per heavy atom. The van der Waals surface area contributed by atoms with Gasteiger partial charge in [-0.1, -0.05) is 30.3 Å². The Morgan fingerprint density at radius 3 is 2.16 bits per heavy atom. The number of non-ortho nitro benzene ring substituents is 1. The lowest BCUT2D eigenvalue weighted by atomic mass is 10.1. The van der Waals surface area contributed by atoms with Gasteiger partial charge < -0.3 is 10.6 Å². The van der Waals surface area contributed by atoms with Crippen LogP contribution in [0.25, 0.3) is 0 Å². The summed E-state index contributed by atoms with van der Waals surface area (Å²) in [6.45, 7) is 0.184. The maximum Gasteiger partial charge on any atom is 0.319 e. The standard InChI is InChI=1S/C22H16N4O5/c27-20-18-6-1-2-7-19(18)21(28)25(20)16-10-8-14(9-11-16)13-23-22(29)24-15-4-3-5-17(12-15)26(30)31/h1-12H,13H2,(H2,23,24,29). The maximum atomic E-state index is 12.5. The highest BCUT2D eigenvalue weighted by Crippen LogP contribution is 2.28. The first-order valence-corrected chi connectivity index (χ1v) is 9.30. The quantitative estimate of drug-likeness (QED) is 0.373. The number of imide groups is 1. The number of nitrogens with one attached hydrogen (secondary N) is 2. The van der Waals surface area contributed by atoms with E-state index in [9.17, 15) is 24.5 Å². The van der Waals surface area contributed by atoms with Crippen LogP contribution in [-0.4, -0.2) is 22.8 Å². The highest BCUT2D eigenvalue weighted by Gasteiger charge is 2.36. The highest BCUT2D eigenvalue weighted by molar-refractivity contribution is 6.34. The number of nitrogens with zero attached hydrogens (tertiary/aromatic N) is 2. The molecule has 0 saturated heterocycles. The summed E-state index contributed by atoms with van der Waals surface area (Å²) in [7, 11) is 0. The molecule has 0 radical (unpaired) electrons. The van der Waals surface area contributed by atoms with Gasteiger partial charge in [-0.3, -0.25) is 19.7 Å². The number of carbonyl (C=O) groups excluding carboxylic acids is 3. The van der Waals surface area contributed by atoms with Crippen LogP contribution >= 0.6 is 0 Å². The van der Waals surface area contributed by atoms with Gasteiger partial charge in [0.1, 0.15) is 0 Å². The van der Waals surface area contributed by atoms with E-state index in [1.807, 2.05) is 0 Å². The van der Waals surface area contributed by atoms with Crippen LogP contribution in [0.5, 0.6) is 0 Å². The smallest absolute Gasteiger partial charge is 0.319 e. The minimum Gasteiger partial charge on any atom is -0.334 e. The predicted molar refractivity (Wildman–Crippen MR) is 113 cm³/mol. The molecule has 1 aliphatic rings. The van der Waals surface area contributed by atoms with Gasteiger partial charge in [0.25, 0.3) is 17.5 Å². The molecule has 2 N–H and O–H groups in total. The molecule has 1 aliphatic heterocycles. The molecule has 9 nitrogen and oxygen atoms in total. The third-order valence-corrected chi connectivity index (χ3v) is 4.76. The molecule has 31 heavy (non-hydrogen) atoms. The minimum absolute atomic E-state index is 0.124. The summed E-state index contributed by atoms with van der Waals surface area (Å²) in [5.74, 6) is -0.745. The molecule has 0 spiro atoms. The van der Waals surface area contributed by atoms with Crippen LogP contribution in [0.15, 0.2) is 72.8 Å². The summed E-state index contributed by atoms with van der Waals surface area (Å²) in [5, 5.41) is 16.0. The van der Waals surface area contributed by atoms with Gasteiger partial charge in [-0.2, -0.15) is 0 Å². The fraction of sp³-hybridized carbons (Fsp3) is 0.0455. The van der Waals surface area contributed by atoms with Gasteiger partial charge in [0.05, 0.1) is 21.7 Å². The van der Waals surface area contributed by atoms with E-state index in [-0.39, 0.29) is 24.0 Å². The third kappa shape index (κ3) is 3.97. The van der Waals surface area contributed by atoms with Crippen LogP contribution in [0.4, 0.5) is 21.9 Å². The van der Waals surface area contributed by atoms with Gasteiger partial charge >= 0.3 is 6.03 Å². The zero-order chi connectivity index (χ0) is 22.0. The number of anilines is 2. The Morgan fingerprint density at radius 2 is 1.55 bits per heavy atom. The molecule has 0 aliphatic carbocycles. The van der Waals surface area contributed by atoms with Gasteiger partial charge in [-0.15, -0.1) is 0 Å². The zero-order valence-corrected chi connectivity index (χ0v) is 16.1. The Kier molecular flexibility index (Phi) is 5.15. The lowest BCUT2D eigenvalue weighted by Crippen LogP contribution is -2.29. The summed E-state index contributed by atoms with van der Waals surface area (Å²) >= 11 is 0. The van der Waals surface area contributed by atoms with Crippen molar-refractivity contribution >= 4 is 34.9 Å². The topological polar surface area (TPSA) is 122 Å². The molecule has 0 fully saturated rings. The van der Waals surface area contributed by atoms with E-state index in [4.69, 9.17) is 0 Å². The van der Waals surface area contributed by atoms with Gasteiger partial charge in [0, 0.05) is 24.4 Å². The molecule has 3 aromatic carbocycles. The molecule has 0 bridgehead atoms. The average molecular weight is 416 g/mol. The molecule has 0 unspecified atom stereocenters. The Labute approximate surface area is 176 Å². The van der Waals surface area contributed by atoms with Crippen LogP contribution in [0.3, 0.4) is 0 Å². The van der Waals surface area contributed by atoms with E-state index in [0.717, 1.165) is 10.5 Å². The number of amides is 4. The minimum atomic E-state index is -0.543. The number of rotatable bonds is 5. The van der Waals surface area contributed by atoms with Crippen LogP contribution in [0.1, 0.15) is 26.3 Å². The summed E-state index contributed by atoms with van der Waals surface area (Å²) in [5.41, 5.74) is 2.10. The maximum absolute atomic E-state index is 12.5. The average Bonchev–Trinajstić information content (AvgIpc) is 3.03. The van der Waals surface area contributed by atoms with Crippen LogP contribution in [0, 0.1) is 10.1 Å². The third-order valence-electron chi connectivity index (χ3n) is 4.76. The number of benzene rings is 3. The van der Waals surface area contributed by atoms with Crippen molar-refractivity contribution in [2.24, 2.45) is 0 Å². The lowest BCUT2D eigenvalue weighted by molar-refractivity contribution is -0.384. The van der Waals surface area contributed by atoms with Crippen molar-refractivity contribution < 1.29 is 19.3 Å². The second kappa shape index (κ2) is 8.07. The highest BCUT2D eigenvalue weighted by atomic mass is 16.6. The van der Waals surface area contributed by atoms with Crippen molar-refractivity contribution in [3.8, 4) is 0 Å². The Hall–Kier alpha value is -4.53. The number of carbonyl (C=O) groups is 3. The lowest BCUT2D eigenvalue weighted by Gasteiger charge is -2.14. The van der Waals surface area contributed by atoms with Crippen LogP contribution in [0.2, 0.25) is 0 Å². The van der Waals surface area contributed by atoms with Gasteiger partial charge in [-0.25, -0.2) is 9.69 Å². The Bertz CT molecular complexity index is 1170. The molecule has 0 aromatic heterocycles. The molecule has 1 heterocycles.